The van der Waals surface area contributed by atoms with Gasteiger partial charge in [-0.1, -0.05) is 66.6 Å². The van der Waals surface area contributed by atoms with Gasteiger partial charge in [-0.25, -0.2) is 4.68 Å². The Morgan fingerprint density at radius 3 is 2.61 bits per heavy atom. The Balaban J connectivity index is 1.55. The molecule has 1 aliphatic rings. The summed E-state index contributed by atoms with van der Waals surface area (Å²) in [6, 6.07) is 22.2. The van der Waals surface area contributed by atoms with Crippen LogP contribution in [0.25, 0.3) is 11.0 Å². The molecule has 3 aromatic carbocycles. The number of carbonyl (C=O) groups is 2. The van der Waals surface area contributed by atoms with Crippen LogP contribution in [-0.2, 0) is 22.7 Å². The summed E-state index contributed by atoms with van der Waals surface area (Å²) in [4.78, 5) is 29.7. The number of rotatable bonds is 9. The first-order chi connectivity index (χ1) is 18.5. The summed E-state index contributed by atoms with van der Waals surface area (Å²) in [6.45, 7) is 2.17. The van der Waals surface area contributed by atoms with Crippen molar-refractivity contribution in [3.8, 4) is 5.75 Å². The number of methoxy groups -OCH3 is 1. The Morgan fingerprint density at radius 2 is 1.82 bits per heavy atom. The number of ether oxygens (including phenoxy) is 1. The number of hydrogen-bond donors (Lipinski definition) is 1. The van der Waals surface area contributed by atoms with Crippen molar-refractivity contribution in [2.75, 3.05) is 7.11 Å². The van der Waals surface area contributed by atoms with Crippen molar-refractivity contribution in [2.45, 2.75) is 57.8 Å². The van der Waals surface area contributed by atoms with Crippen molar-refractivity contribution in [3.05, 3.63) is 89.5 Å². The molecule has 1 heterocycles. The minimum atomic E-state index is -0.801. The number of para-hydroxylation sites is 1. The molecule has 0 spiro atoms. The van der Waals surface area contributed by atoms with E-state index in [9.17, 15) is 9.59 Å². The van der Waals surface area contributed by atoms with Crippen LogP contribution < -0.4 is 10.1 Å². The summed E-state index contributed by atoms with van der Waals surface area (Å²) in [6.07, 6.45) is 4.12. The molecule has 1 fully saturated rings. The predicted molar refractivity (Wildman–Crippen MR) is 145 cm³/mol. The van der Waals surface area contributed by atoms with Crippen molar-refractivity contribution >= 4 is 22.8 Å². The van der Waals surface area contributed by atoms with E-state index in [2.05, 4.69) is 15.6 Å². The number of nitrogens with zero attached hydrogens (tertiary/aromatic N) is 4. The third-order valence-corrected chi connectivity index (χ3v) is 7.26. The van der Waals surface area contributed by atoms with Gasteiger partial charge in [0.15, 0.2) is 0 Å². The van der Waals surface area contributed by atoms with Gasteiger partial charge in [0.1, 0.15) is 23.9 Å². The van der Waals surface area contributed by atoms with Gasteiger partial charge in [-0.2, -0.15) is 0 Å². The highest BCUT2D eigenvalue weighted by Crippen LogP contribution is 2.29. The second-order valence-corrected chi connectivity index (χ2v) is 9.86. The lowest BCUT2D eigenvalue weighted by atomic mass is 9.97. The highest BCUT2D eigenvalue weighted by molar-refractivity contribution is 5.89. The van der Waals surface area contributed by atoms with Crippen molar-refractivity contribution in [3.63, 3.8) is 0 Å². The van der Waals surface area contributed by atoms with E-state index in [4.69, 9.17) is 4.74 Å². The molecule has 1 unspecified atom stereocenters. The van der Waals surface area contributed by atoms with E-state index in [1.165, 1.54) is 0 Å². The molecule has 0 aliphatic heterocycles. The third kappa shape index (κ3) is 5.54. The smallest absolute Gasteiger partial charge is 0.247 e. The predicted octanol–water partition coefficient (Wildman–Crippen LogP) is 4.58. The molecule has 1 aliphatic carbocycles. The van der Waals surface area contributed by atoms with Crippen LogP contribution in [0.1, 0.15) is 48.4 Å². The topological polar surface area (TPSA) is 89.3 Å². The maximum absolute atomic E-state index is 14.1. The fourth-order valence-electron chi connectivity index (χ4n) is 5.24. The van der Waals surface area contributed by atoms with Gasteiger partial charge in [-0.3, -0.25) is 9.59 Å². The van der Waals surface area contributed by atoms with Crippen molar-refractivity contribution in [1.29, 1.82) is 0 Å². The van der Waals surface area contributed by atoms with Crippen LogP contribution in [0.15, 0.2) is 72.8 Å². The van der Waals surface area contributed by atoms with E-state index < -0.39 is 6.04 Å². The summed E-state index contributed by atoms with van der Waals surface area (Å²) in [5.41, 5.74) is 4.11. The SMILES string of the molecule is COc1cccc(CN(C(=O)Cn2nnc3ccccc32)C(C(=O)NC2CCCC2)c2ccccc2C)c1. The fraction of sp³-hybridized carbons (Fsp3) is 0.333. The molecule has 196 valence electrons. The van der Waals surface area contributed by atoms with E-state index in [1.54, 1.807) is 16.7 Å². The van der Waals surface area contributed by atoms with Gasteiger partial charge in [-0.15, -0.1) is 5.10 Å². The summed E-state index contributed by atoms with van der Waals surface area (Å²) in [7, 11) is 1.61. The van der Waals surface area contributed by atoms with Crippen molar-refractivity contribution in [1.82, 2.24) is 25.2 Å². The summed E-state index contributed by atoms with van der Waals surface area (Å²) < 4.78 is 7.02. The molecule has 0 saturated heterocycles. The molecule has 5 rings (SSSR count). The molecule has 2 amide bonds. The van der Waals surface area contributed by atoms with Crippen LogP contribution in [0.5, 0.6) is 5.75 Å². The number of fused-ring (bicyclic) bond motifs is 1. The number of hydrogen-bond acceptors (Lipinski definition) is 5. The first-order valence-corrected chi connectivity index (χ1v) is 13.1. The largest absolute Gasteiger partial charge is 0.497 e. The van der Waals surface area contributed by atoms with Crippen LogP contribution in [-0.4, -0.2) is 44.9 Å². The Labute approximate surface area is 222 Å². The highest BCUT2D eigenvalue weighted by Gasteiger charge is 2.34. The van der Waals surface area contributed by atoms with Crippen molar-refractivity contribution in [2.24, 2.45) is 0 Å². The number of amides is 2. The second kappa shape index (κ2) is 11.5. The average molecular weight is 512 g/mol. The fourth-order valence-corrected chi connectivity index (χ4v) is 5.24. The van der Waals surface area contributed by atoms with Crippen LogP contribution in [0, 0.1) is 6.92 Å². The van der Waals surface area contributed by atoms with Gasteiger partial charge in [0, 0.05) is 12.6 Å². The first kappa shape index (κ1) is 25.4. The normalized spacial score (nSPS) is 14.4. The van der Waals surface area contributed by atoms with E-state index in [0.29, 0.717) is 11.3 Å². The minimum absolute atomic E-state index is 0.0381. The molecule has 8 heteroatoms. The maximum Gasteiger partial charge on any atom is 0.247 e. The van der Waals surface area contributed by atoms with E-state index in [-0.39, 0.29) is 30.9 Å². The summed E-state index contributed by atoms with van der Waals surface area (Å²) in [5, 5.41) is 11.7. The number of benzene rings is 3. The van der Waals surface area contributed by atoms with Crippen LogP contribution in [0.4, 0.5) is 0 Å². The van der Waals surface area contributed by atoms with E-state index >= 15 is 0 Å². The molecular weight excluding hydrogens is 478 g/mol. The zero-order valence-electron chi connectivity index (χ0n) is 21.8. The standard InChI is InChI=1S/C30H33N5O3/c1-21-10-3-6-15-25(21)29(30(37)31-23-12-4-5-13-23)34(19-22-11-9-14-24(18-22)38-2)28(36)20-35-27-17-8-7-16-26(27)32-33-35/h3,6-11,14-18,23,29H,4-5,12-13,19-20H2,1-2H3,(H,31,37). The third-order valence-electron chi connectivity index (χ3n) is 7.26. The molecular formula is C30H33N5O3. The summed E-state index contributed by atoms with van der Waals surface area (Å²) in [5.74, 6) is 0.309. The lowest BCUT2D eigenvalue weighted by molar-refractivity contribution is -0.142. The van der Waals surface area contributed by atoms with Gasteiger partial charge < -0.3 is 15.0 Å². The molecule has 1 atom stereocenters. The summed E-state index contributed by atoms with van der Waals surface area (Å²) >= 11 is 0. The Bertz CT molecular complexity index is 1430. The van der Waals surface area contributed by atoms with Crippen LogP contribution in [0.3, 0.4) is 0 Å². The quantitative estimate of drug-likeness (QED) is 0.355. The number of aryl methyl sites for hydroxylation is 1. The zero-order chi connectivity index (χ0) is 26.5. The molecule has 1 saturated carbocycles. The van der Waals surface area contributed by atoms with Gasteiger partial charge in [0.05, 0.1) is 12.6 Å². The van der Waals surface area contributed by atoms with Gasteiger partial charge in [-0.05, 0) is 60.7 Å². The molecule has 0 bridgehead atoms. The molecule has 1 aromatic heterocycles. The Hall–Kier alpha value is -4.20. The monoisotopic (exact) mass is 511 g/mol. The Morgan fingerprint density at radius 1 is 1.05 bits per heavy atom. The Kier molecular flexibility index (Phi) is 7.67. The van der Waals surface area contributed by atoms with E-state index in [1.807, 2.05) is 79.7 Å². The first-order valence-electron chi connectivity index (χ1n) is 13.1. The molecule has 8 nitrogen and oxygen atoms in total. The average Bonchev–Trinajstić information content (AvgIpc) is 3.59. The lowest BCUT2D eigenvalue weighted by Gasteiger charge is -2.33. The van der Waals surface area contributed by atoms with E-state index in [0.717, 1.165) is 47.9 Å². The minimum Gasteiger partial charge on any atom is -0.497 e. The van der Waals surface area contributed by atoms with Gasteiger partial charge >= 0.3 is 0 Å². The zero-order valence-corrected chi connectivity index (χ0v) is 21.8. The molecule has 1 N–H and O–H groups in total. The van der Waals surface area contributed by atoms with Gasteiger partial charge in [0.25, 0.3) is 0 Å². The molecule has 4 aromatic rings. The maximum atomic E-state index is 14.1. The molecule has 0 radical (unpaired) electrons. The van der Waals surface area contributed by atoms with Crippen LogP contribution in [0.2, 0.25) is 0 Å². The van der Waals surface area contributed by atoms with Crippen molar-refractivity contribution < 1.29 is 14.3 Å². The molecule has 38 heavy (non-hydrogen) atoms. The number of nitrogens with one attached hydrogen (secondary N) is 1. The van der Waals surface area contributed by atoms with Gasteiger partial charge in [0.2, 0.25) is 11.8 Å². The second-order valence-electron chi connectivity index (χ2n) is 9.86. The number of aromatic nitrogens is 3. The highest BCUT2D eigenvalue weighted by atomic mass is 16.5. The lowest BCUT2D eigenvalue weighted by Crippen LogP contribution is -2.47. The number of carbonyl (C=O) groups excluding carboxylic acids is 2. The van der Waals surface area contributed by atoms with Crippen LogP contribution >= 0.6 is 0 Å².